The molecule has 1 fully saturated rings. The van der Waals surface area contributed by atoms with Crippen molar-refractivity contribution in [3.63, 3.8) is 0 Å². The van der Waals surface area contributed by atoms with Crippen molar-refractivity contribution in [2.75, 3.05) is 27.2 Å². The van der Waals surface area contributed by atoms with E-state index in [0.29, 0.717) is 27.9 Å². The third-order valence-electron chi connectivity index (χ3n) is 8.24. The molecular weight excluding hydrogens is 591 g/mol. The first-order chi connectivity index (χ1) is 20.0. The quantitative estimate of drug-likeness (QED) is 0.302. The molecule has 5 rings (SSSR count). The molecule has 42 heavy (non-hydrogen) atoms. The van der Waals surface area contributed by atoms with Crippen LogP contribution in [0.15, 0.2) is 64.1 Å². The fourth-order valence-corrected chi connectivity index (χ4v) is 8.05. The van der Waals surface area contributed by atoms with E-state index in [1.54, 1.807) is 11.8 Å². The molecule has 3 aliphatic heterocycles. The van der Waals surface area contributed by atoms with Gasteiger partial charge >= 0.3 is 5.97 Å². The zero-order valence-corrected chi connectivity index (χ0v) is 27.3. The van der Waals surface area contributed by atoms with Crippen LogP contribution in [0.2, 0.25) is 10.0 Å². The van der Waals surface area contributed by atoms with Crippen molar-refractivity contribution in [3.05, 3.63) is 80.3 Å². The number of nitrogens with zero attached hydrogens (tertiary/aromatic N) is 4. The lowest BCUT2D eigenvalue weighted by atomic mass is 9.81. The van der Waals surface area contributed by atoms with E-state index in [-0.39, 0.29) is 36.5 Å². The minimum atomic E-state index is -0.649. The Hall–Kier alpha value is -2.52. The zero-order valence-electron chi connectivity index (χ0n) is 24.9. The zero-order chi connectivity index (χ0) is 30.3. The molecule has 0 N–H and O–H groups in total. The maximum Gasteiger partial charge on any atom is 0.328 e. The van der Waals surface area contributed by atoms with Crippen molar-refractivity contribution in [2.24, 2.45) is 10.9 Å². The fraction of sp³-hybridized carbons (Fsp3) is 0.469. The lowest BCUT2D eigenvalue weighted by molar-refractivity contribution is -0.153. The van der Waals surface area contributed by atoms with Crippen LogP contribution >= 0.6 is 35.0 Å². The molecule has 0 radical (unpaired) electrons. The van der Waals surface area contributed by atoms with Crippen molar-refractivity contribution in [1.29, 1.82) is 0 Å². The summed E-state index contributed by atoms with van der Waals surface area (Å²) < 4.78 is 5.42. The molecule has 0 bridgehead atoms. The number of thioether (sulfide) groups is 1. The summed E-state index contributed by atoms with van der Waals surface area (Å²) >= 11 is 14.0. The molecule has 2 aromatic rings. The van der Waals surface area contributed by atoms with Crippen LogP contribution in [0.3, 0.4) is 0 Å². The number of allylic oxidation sites excluding steroid dienone is 1. The monoisotopic (exact) mass is 628 g/mol. The second kappa shape index (κ2) is 12.2. The van der Waals surface area contributed by atoms with E-state index in [0.717, 1.165) is 28.4 Å². The Morgan fingerprint density at radius 2 is 1.69 bits per heavy atom. The maximum atomic E-state index is 14.6. The third kappa shape index (κ3) is 5.59. The van der Waals surface area contributed by atoms with Gasteiger partial charge in [0.05, 0.1) is 12.6 Å². The molecule has 0 unspecified atom stereocenters. The molecule has 224 valence electrons. The Morgan fingerprint density at radius 3 is 2.26 bits per heavy atom. The predicted octanol–water partition coefficient (Wildman–Crippen LogP) is 6.72. The summed E-state index contributed by atoms with van der Waals surface area (Å²) in [7, 11) is 3.98. The number of aliphatic imine (C=N–C) groups is 1. The number of amidine groups is 1. The number of carbonyl (C=O) groups excluding carboxylic acids is 2. The van der Waals surface area contributed by atoms with E-state index < -0.39 is 11.6 Å². The number of fused-ring (bicyclic) bond motifs is 1. The predicted molar refractivity (Wildman–Crippen MR) is 171 cm³/mol. The van der Waals surface area contributed by atoms with E-state index in [2.05, 4.69) is 30.6 Å². The first-order valence-corrected chi connectivity index (χ1v) is 16.0. The van der Waals surface area contributed by atoms with E-state index in [4.69, 9.17) is 32.9 Å². The number of ether oxygens (including phenoxy) is 1. The lowest BCUT2D eigenvalue weighted by Gasteiger charge is -2.37. The molecule has 10 heteroatoms. The highest BCUT2D eigenvalue weighted by molar-refractivity contribution is 8.18. The minimum Gasteiger partial charge on any atom is -0.464 e. The van der Waals surface area contributed by atoms with Crippen molar-refractivity contribution in [2.45, 2.75) is 64.2 Å². The number of esters is 1. The van der Waals surface area contributed by atoms with Gasteiger partial charge in [-0.15, -0.1) is 0 Å². The van der Waals surface area contributed by atoms with Gasteiger partial charge in [0.15, 0.2) is 5.17 Å². The molecule has 1 saturated heterocycles. The molecule has 7 nitrogen and oxygen atoms in total. The Labute approximate surface area is 262 Å². The van der Waals surface area contributed by atoms with E-state index in [9.17, 15) is 9.59 Å². The highest BCUT2D eigenvalue weighted by atomic mass is 35.5. The topological polar surface area (TPSA) is 65.5 Å². The first-order valence-electron chi connectivity index (χ1n) is 14.4. The van der Waals surface area contributed by atoms with Gasteiger partial charge in [0, 0.05) is 28.3 Å². The van der Waals surface area contributed by atoms with Gasteiger partial charge in [-0.25, -0.2) is 9.79 Å². The molecular formula is C32H38Cl2N4O3S. The fourth-order valence-electron chi connectivity index (χ4n) is 6.44. The summed E-state index contributed by atoms with van der Waals surface area (Å²) in [5.74, 6) is -0.456. The summed E-state index contributed by atoms with van der Waals surface area (Å²) in [4.78, 5) is 39.6. The number of halogens is 2. The van der Waals surface area contributed by atoms with Crippen molar-refractivity contribution < 1.29 is 14.3 Å². The van der Waals surface area contributed by atoms with Gasteiger partial charge < -0.3 is 19.4 Å². The summed E-state index contributed by atoms with van der Waals surface area (Å²) in [5.41, 5.74) is 2.33. The summed E-state index contributed by atoms with van der Waals surface area (Å²) in [5, 5.41) is 2.09. The van der Waals surface area contributed by atoms with Crippen molar-refractivity contribution >= 4 is 52.0 Å². The molecule has 4 atom stereocenters. The second-order valence-corrected chi connectivity index (χ2v) is 13.7. The molecule has 3 aliphatic rings. The lowest BCUT2D eigenvalue weighted by Crippen LogP contribution is -2.49. The van der Waals surface area contributed by atoms with E-state index in [1.165, 1.54) is 11.8 Å². The summed E-state index contributed by atoms with van der Waals surface area (Å²) in [6.07, 6.45) is 1.33. The number of rotatable bonds is 8. The number of likely N-dealkylation sites (tertiary alicyclic amines) is 1. The van der Waals surface area contributed by atoms with Crippen LogP contribution in [0, 0.1) is 5.92 Å². The molecule has 0 saturated carbocycles. The molecule has 0 spiro atoms. The second-order valence-electron chi connectivity index (χ2n) is 11.8. The van der Waals surface area contributed by atoms with Crippen LogP contribution < -0.4 is 0 Å². The van der Waals surface area contributed by atoms with Gasteiger partial charge in [-0.05, 0) is 93.9 Å². The van der Waals surface area contributed by atoms with Crippen LogP contribution in [0.1, 0.15) is 57.7 Å². The summed E-state index contributed by atoms with van der Waals surface area (Å²) in [6.45, 7) is 9.08. The highest BCUT2D eigenvalue weighted by Gasteiger charge is 2.54. The van der Waals surface area contributed by atoms with E-state index >= 15 is 0 Å². The molecule has 2 aromatic carbocycles. The van der Waals surface area contributed by atoms with Gasteiger partial charge in [-0.2, -0.15) is 0 Å². The average Bonchev–Trinajstić information content (AvgIpc) is 3.59. The first kappa shape index (κ1) is 30.9. The molecule has 0 aliphatic carbocycles. The minimum absolute atomic E-state index is 0.0162. The van der Waals surface area contributed by atoms with Crippen LogP contribution in [0.25, 0.3) is 0 Å². The maximum absolute atomic E-state index is 14.6. The van der Waals surface area contributed by atoms with Gasteiger partial charge in [0.25, 0.3) is 5.91 Å². The number of hydrogen-bond acceptors (Lipinski definition) is 7. The third-order valence-corrected chi connectivity index (χ3v) is 9.80. The molecule has 0 aromatic heterocycles. The smallest absolute Gasteiger partial charge is 0.328 e. The average molecular weight is 630 g/mol. The van der Waals surface area contributed by atoms with Gasteiger partial charge in [-0.3, -0.25) is 4.79 Å². The largest absolute Gasteiger partial charge is 0.464 e. The highest BCUT2D eigenvalue weighted by Crippen LogP contribution is 2.56. The Balaban J connectivity index is 1.61. The van der Waals surface area contributed by atoms with Crippen LogP contribution in [-0.4, -0.2) is 71.1 Å². The Kier molecular flexibility index (Phi) is 9.00. The SMILES string of the molecule is CCOC(=O)[C@@H]1CC[C@@H](CN(C)C)N1C(=O)C1=C(C(C)C)N2C(=N[C@@](C)(c3ccc(Cl)cc3)[C@H]2c2ccc(Cl)cc2)S1. The van der Waals surface area contributed by atoms with Gasteiger partial charge in [0.1, 0.15) is 16.5 Å². The Bertz CT molecular complexity index is 1410. The number of likely N-dealkylation sites (N-methyl/N-ethyl adjacent to an activating group) is 1. The summed E-state index contributed by atoms with van der Waals surface area (Å²) in [6, 6.07) is 14.8. The normalized spacial score (nSPS) is 25.5. The number of amides is 1. The van der Waals surface area contributed by atoms with Crippen LogP contribution in [-0.2, 0) is 19.9 Å². The number of carbonyl (C=O) groups is 2. The van der Waals surface area contributed by atoms with Gasteiger partial charge in [-0.1, -0.05) is 61.3 Å². The van der Waals surface area contributed by atoms with Crippen molar-refractivity contribution in [1.82, 2.24) is 14.7 Å². The molecule has 1 amide bonds. The van der Waals surface area contributed by atoms with Crippen LogP contribution in [0.5, 0.6) is 0 Å². The standard InChI is InChI=1S/C32H38Cl2N4O3S/c1-7-41-30(40)25-17-16-24(18-36(5)6)37(25)29(39)27-26(19(2)3)38-28(20-8-12-22(33)13-9-20)32(4,35-31(38)42-27)21-10-14-23(34)15-11-21/h8-15,19,24-25,28H,7,16-18H2,1-6H3/t24-,25-,28+,32-/m0/s1. The molecule has 3 heterocycles. The number of hydrogen-bond donors (Lipinski definition) is 0. The van der Waals surface area contributed by atoms with Gasteiger partial charge in [0.2, 0.25) is 0 Å². The Morgan fingerprint density at radius 1 is 1.07 bits per heavy atom. The van der Waals surface area contributed by atoms with Crippen LogP contribution in [0.4, 0.5) is 0 Å². The number of benzene rings is 2. The van der Waals surface area contributed by atoms with Crippen molar-refractivity contribution in [3.8, 4) is 0 Å². The van der Waals surface area contributed by atoms with E-state index in [1.807, 2.05) is 62.6 Å².